The number of aromatic nitrogens is 1. The van der Waals surface area contributed by atoms with Crippen molar-refractivity contribution in [2.45, 2.75) is 53.2 Å². The van der Waals surface area contributed by atoms with Crippen molar-refractivity contribution in [1.82, 2.24) is 20.7 Å². The van der Waals surface area contributed by atoms with Crippen molar-refractivity contribution in [3.8, 4) is 5.75 Å². The number of carbonyl (C=O) groups excluding carboxylic acids is 2. The Labute approximate surface area is 224 Å². The molecule has 8 heteroatoms. The number of hydrogen-bond donors (Lipinski definition) is 3. The van der Waals surface area contributed by atoms with Gasteiger partial charge in [-0.05, 0) is 55.2 Å². The van der Waals surface area contributed by atoms with Crippen molar-refractivity contribution in [2.75, 3.05) is 19.6 Å². The fourth-order valence-electron chi connectivity index (χ4n) is 5.23. The summed E-state index contributed by atoms with van der Waals surface area (Å²) < 4.78 is 6.03. The molecule has 3 N–H and O–H groups in total. The van der Waals surface area contributed by atoms with E-state index in [9.17, 15) is 9.59 Å². The minimum Gasteiger partial charge on any atom is -0.489 e. The van der Waals surface area contributed by atoms with Crippen LogP contribution in [0.1, 0.15) is 55.2 Å². The summed E-state index contributed by atoms with van der Waals surface area (Å²) in [4.78, 5) is 31.9. The topological polar surface area (TPSA) is 104 Å². The van der Waals surface area contributed by atoms with Crippen LogP contribution in [0.15, 0.2) is 54.6 Å². The average molecular weight is 519 g/mol. The zero-order chi connectivity index (χ0) is 27.3. The third-order valence-corrected chi connectivity index (χ3v) is 6.85. The number of hydrogen-bond acceptors (Lipinski definition) is 6. The Morgan fingerprint density at radius 2 is 1.87 bits per heavy atom. The Kier molecular flexibility index (Phi) is 8.64. The lowest BCUT2D eigenvalue weighted by molar-refractivity contribution is -0.130. The molecule has 2 aromatic carbocycles. The van der Waals surface area contributed by atoms with Gasteiger partial charge in [0.15, 0.2) is 0 Å². The highest BCUT2D eigenvalue weighted by molar-refractivity contribution is 5.94. The maximum atomic E-state index is 13.1. The predicted octanol–water partition coefficient (Wildman–Crippen LogP) is 4.48. The quantitative estimate of drug-likeness (QED) is 0.300. The molecule has 2 atom stereocenters. The number of fused-ring (bicyclic) bond motifs is 1. The maximum absolute atomic E-state index is 13.1. The van der Waals surface area contributed by atoms with E-state index in [0.717, 1.165) is 41.7 Å². The van der Waals surface area contributed by atoms with E-state index in [1.165, 1.54) is 0 Å². The lowest BCUT2D eigenvalue weighted by Crippen LogP contribution is -2.53. The molecule has 0 bridgehead atoms. The van der Waals surface area contributed by atoms with E-state index in [0.29, 0.717) is 24.5 Å². The molecule has 2 heterocycles. The number of carbonyl (C=O) groups is 2. The van der Waals surface area contributed by atoms with E-state index < -0.39 is 5.91 Å². The van der Waals surface area contributed by atoms with Crippen molar-refractivity contribution >= 4 is 22.7 Å². The number of aryl methyl sites for hydroxylation is 1. The zero-order valence-corrected chi connectivity index (χ0v) is 22.7. The van der Waals surface area contributed by atoms with Gasteiger partial charge in [0.2, 0.25) is 5.91 Å². The maximum Gasteiger partial charge on any atom is 0.251 e. The molecule has 202 valence electrons. The van der Waals surface area contributed by atoms with Gasteiger partial charge in [-0.15, -0.1) is 0 Å². The number of hydroxylamine groups is 1. The van der Waals surface area contributed by atoms with Crippen molar-refractivity contribution in [3.63, 3.8) is 0 Å². The molecule has 0 aliphatic carbocycles. The second-order valence-electron chi connectivity index (χ2n) is 11.4. The zero-order valence-electron chi connectivity index (χ0n) is 22.7. The SMILES string of the molecule is Cc1cc(COc2ccc(C(=O)N[C@@H]3CCN(CC(C)(C)C)C[C@@H]3CC(=O)NO)cc2)c2ccccc2n1. The van der Waals surface area contributed by atoms with E-state index in [-0.39, 0.29) is 29.7 Å². The van der Waals surface area contributed by atoms with E-state index in [1.54, 1.807) is 29.7 Å². The van der Waals surface area contributed by atoms with Crippen LogP contribution in [0.4, 0.5) is 0 Å². The number of likely N-dealkylation sites (tertiary alicyclic amines) is 1. The van der Waals surface area contributed by atoms with Gasteiger partial charge in [0.25, 0.3) is 5.91 Å². The minimum absolute atomic E-state index is 0.0940. The van der Waals surface area contributed by atoms with Crippen LogP contribution in [-0.2, 0) is 11.4 Å². The summed E-state index contributed by atoms with van der Waals surface area (Å²) in [7, 11) is 0. The van der Waals surface area contributed by atoms with Gasteiger partial charge in [-0.25, -0.2) is 5.48 Å². The summed E-state index contributed by atoms with van der Waals surface area (Å²) in [6.45, 7) is 11.4. The Bertz CT molecular complexity index is 1270. The molecule has 1 saturated heterocycles. The van der Waals surface area contributed by atoms with Crippen molar-refractivity contribution in [1.29, 1.82) is 0 Å². The third-order valence-electron chi connectivity index (χ3n) is 6.85. The lowest BCUT2D eigenvalue weighted by atomic mass is 9.86. The fraction of sp³-hybridized carbons (Fsp3) is 0.433. The molecule has 1 aliphatic heterocycles. The van der Waals surface area contributed by atoms with Gasteiger partial charge in [-0.1, -0.05) is 39.0 Å². The highest BCUT2D eigenvalue weighted by atomic mass is 16.5. The smallest absolute Gasteiger partial charge is 0.251 e. The van der Waals surface area contributed by atoms with Crippen molar-refractivity contribution in [2.24, 2.45) is 11.3 Å². The highest BCUT2D eigenvalue weighted by Gasteiger charge is 2.33. The van der Waals surface area contributed by atoms with Gasteiger partial charge in [0, 0.05) is 60.2 Å². The Morgan fingerprint density at radius 1 is 1.13 bits per heavy atom. The number of piperidine rings is 1. The van der Waals surface area contributed by atoms with Gasteiger partial charge in [0.05, 0.1) is 5.52 Å². The van der Waals surface area contributed by atoms with Crippen LogP contribution >= 0.6 is 0 Å². The third kappa shape index (κ3) is 7.30. The molecule has 1 fully saturated rings. The Morgan fingerprint density at radius 3 is 2.58 bits per heavy atom. The largest absolute Gasteiger partial charge is 0.489 e. The summed E-state index contributed by atoms with van der Waals surface area (Å²) in [6.07, 6.45) is 0.893. The number of amides is 2. The molecule has 8 nitrogen and oxygen atoms in total. The number of para-hydroxylation sites is 1. The van der Waals surface area contributed by atoms with Crippen LogP contribution in [0, 0.1) is 18.3 Å². The van der Waals surface area contributed by atoms with Gasteiger partial charge in [-0.2, -0.15) is 0 Å². The first-order valence-corrected chi connectivity index (χ1v) is 13.2. The van der Waals surface area contributed by atoms with Gasteiger partial charge < -0.3 is 15.0 Å². The van der Waals surface area contributed by atoms with Crippen LogP contribution in [0.3, 0.4) is 0 Å². The molecular weight excluding hydrogens is 480 g/mol. The summed E-state index contributed by atoms with van der Waals surface area (Å²) in [6, 6.07) is 17.0. The Hall–Kier alpha value is -3.49. The normalized spacial score (nSPS) is 18.2. The molecule has 3 aromatic rings. The predicted molar refractivity (Wildman–Crippen MR) is 147 cm³/mol. The summed E-state index contributed by atoms with van der Waals surface area (Å²) in [5, 5.41) is 13.2. The second kappa shape index (κ2) is 11.9. The monoisotopic (exact) mass is 518 g/mol. The molecule has 2 amide bonds. The van der Waals surface area contributed by atoms with Crippen LogP contribution in [0.5, 0.6) is 5.75 Å². The van der Waals surface area contributed by atoms with E-state index in [2.05, 4.69) is 36.0 Å². The summed E-state index contributed by atoms with van der Waals surface area (Å²) in [5.74, 6) is -0.0435. The number of benzene rings is 2. The first kappa shape index (κ1) is 27.5. The first-order chi connectivity index (χ1) is 18.1. The van der Waals surface area contributed by atoms with Crippen molar-refractivity contribution < 1.29 is 19.5 Å². The summed E-state index contributed by atoms with van der Waals surface area (Å²) in [5.41, 5.74) is 5.34. The van der Waals surface area contributed by atoms with Gasteiger partial charge in [0.1, 0.15) is 12.4 Å². The van der Waals surface area contributed by atoms with Crippen molar-refractivity contribution in [3.05, 3.63) is 71.4 Å². The molecule has 38 heavy (non-hydrogen) atoms. The van der Waals surface area contributed by atoms with Gasteiger partial charge in [-0.3, -0.25) is 19.8 Å². The standard InChI is InChI=1S/C30H38N4O4/c1-20-15-23(25-7-5-6-8-27(25)31-20)18-38-24-11-9-21(10-12-24)29(36)32-26-13-14-34(19-30(2,3)4)17-22(26)16-28(35)33-37/h5-12,15,22,26,37H,13-14,16-19H2,1-4H3,(H,32,36)(H,33,35)/t22-,26+/m0/s1. The fourth-order valence-corrected chi connectivity index (χ4v) is 5.23. The van der Waals surface area contributed by atoms with E-state index in [1.807, 2.05) is 37.3 Å². The highest BCUT2D eigenvalue weighted by Crippen LogP contribution is 2.25. The molecule has 0 radical (unpaired) electrons. The van der Waals surface area contributed by atoms with E-state index >= 15 is 0 Å². The number of rotatable bonds is 8. The van der Waals surface area contributed by atoms with Crippen LogP contribution in [0.2, 0.25) is 0 Å². The first-order valence-electron chi connectivity index (χ1n) is 13.2. The van der Waals surface area contributed by atoms with Gasteiger partial charge >= 0.3 is 0 Å². The number of nitrogens with one attached hydrogen (secondary N) is 2. The molecule has 0 saturated carbocycles. The number of ether oxygens (including phenoxy) is 1. The molecule has 0 spiro atoms. The summed E-state index contributed by atoms with van der Waals surface area (Å²) >= 11 is 0. The molecule has 1 aromatic heterocycles. The molecule has 4 rings (SSSR count). The van der Waals surface area contributed by atoms with Crippen LogP contribution in [0.25, 0.3) is 10.9 Å². The van der Waals surface area contributed by atoms with E-state index in [4.69, 9.17) is 9.94 Å². The minimum atomic E-state index is -0.439. The molecule has 0 unspecified atom stereocenters. The molecule has 1 aliphatic rings. The number of pyridine rings is 1. The van der Waals surface area contributed by atoms with Crippen LogP contribution in [-0.4, -0.2) is 52.6 Å². The number of nitrogens with zero attached hydrogens (tertiary/aromatic N) is 2. The van der Waals surface area contributed by atoms with Crippen LogP contribution < -0.4 is 15.5 Å². The second-order valence-corrected chi connectivity index (χ2v) is 11.4. The Balaban J connectivity index is 1.38. The molecular formula is C30H38N4O4. The average Bonchev–Trinajstić information content (AvgIpc) is 2.88. The lowest BCUT2D eigenvalue weighted by Gasteiger charge is -2.41.